The van der Waals surface area contributed by atoms with E-state index in [0.717, 1.165) is 0 Å². The number of ether oxygens (including phenoxy) is 1. The van der Waals surface area contributed by atoms with Gasteiger partial charge in [-0.1, -0.05) is 0 Å². The van der Waals surface area contributed by atoms with Gasteiger partial charge in [-0.15, -0.1) is 13.2 Å². The molecule has 0 fully saturated rings. The first-order chi connectivity index (χ1) is 7.54. The van der Waals surface area contributed by atoms with Gasteiger partial charge in [0.05, 0.1) is 0 Å². The number of hydrogen-bond acceptors (Lipinski definition) is 3. The van der Waals surface area contributed by atoms with Gasteiger partial charge in [0.25, 0.3) is 0 Å². The molecule has 1 heterocycles. The maximum atomic E-state index is 11.9. The third-order valence-corrected chi connectivity index (χ3v) is 1.72. The van der Waals surface area contributed by atoms with E-state index in [-0.39, 0.29) is 5.75 Å². The van der Waals surface area contributed by atoms with Crippen LogP contribution in [0.15, 0.2) is 24.3 Å². The number of alkyl halides is 3. The molecule has 83 valence electrons. The molecular weight excluding hydrogens is 223 g/mol. The molecule has 0 saturated heterocycles. The van der Waals surface area contributed by atoms with Crippen molar-refractivity contribution in [1.29, 1.82) is 0 Å². The molecule has 2 rings (SSSR count). The fourth-order valence-corrected chi connectivity index (χ4v) is 1.12. The SMILES string of the molecule is FC(F)(F)Oc1ccc(-c2n[c][nH]n2)cc1. The van der Waals surface area contributed by atoms with Crippen molar-refractivity contribution in [2.24, 2.45) is 0 Å². The summed E-state index contributed by atoms with van der Waals surface area (Å²) in [5.41, 5.74) is 0.576. The van der Waals surface area contributed by atoms with Gasteiger partial charge in [-0.2, -0.15) is 5.10 Å². The van der Waals surface area contributed by atoms with Gasteiger partial charge in [0, 0.05) is 5.56 Å². The number of aromatic amines is 1. The van der Waals surface area contributed by atoms with Crippen LogP contribution in [-0.2, 0) is 0 Å². The van der Waals surface area contributed by atoms with Gasteiger partial charge in [0.1, 0.15) is 5.75 Å². The van der Waals surface area contributed by atoms with E-state index < -0.39 is 6.36 Å². The third-order valence-electron chi connectivity index (χ3n) is 1.72. The zero-order valence-corrected chi connectivity index (χ0v) is 7.75. The Morgan fingerprint density at radius 2 is 1.88 bits per heavy atom. The number of benzene rings is 1. The fourth-order valence-electron chi connectivity index (χ4n) is 1.12. The fraction of sp³-hybridized carbons (Fsp3) is 0.111. The van der Waals surface area contributed by atoms with Gasteiger partial charge in [0.15, 0.2) is 12.2 Å². The van der Waals surface area contributed by atoms with Crippen LogP contribution >= 0.6 is 0 Å². The predicted octanol–water partition coefficient (Wildman–Crippen LogP) is 2.17. The van der Waals surface area contributed by atoms with Gasteiger partial charge in [0.2, 0.25) is 0 Å². The van der Waals surface area contributed by atoms with Crippen LogP contribution in [0.3, 0.4) is 0 Å². The van der Waals surface area contributed by atoms with E-state index in [1.54, 1.807) is 0 Å². The van der Waals surface area contributed by atoms with Crippen LogP contribution in [0.4, 0.5) is 13.2 Å². The van der Waals surface area contributed by atoms with Crippen molar-refractivity contribution >= 4 is 0 Å². The van der Waals surface area contributed by atoms with E-state index in [1.165, 1.54) is 24.3 Å². The Morgan fingerprint density at radius 3 is 2.38 bits per heavy atom. The first-order valence-corrected chi connectivity index (χ1v) is 4.19. The highest BCUT2D eigenvalue weighted by molar-refractivity contribution is 5.55. The maximum Gasteiger partial charge on any atom is 0.573 e. The smallest absolute Gasteiger partial charge is 0.406 e. The number of halogens is 3. The molecule has 2 aromatic rings. The van der Waals surface area contributed by atoms with Crippen molar-refractivity contribution in [2.45, 2.75) is 6.36 Å². The largest absolute Gasteiger partial charge is 0.573 e. The van der Waals surface area contributed by atoms with Crippen molar-refractivity contribution in [3.63, 3.8) is 0 Å². The molecule has 0 amide bonds. The zero-order chi connectivity index (χ0) is 11.6. The van der Waals surface area contributed by atoms with E-state index >= 15 is 0 Å². The highest BCUT2D eigenvalue weighted by Gasteiger charge is 2.30. The molecule has 0 unspecified atom stereocenters. The van der Waals surface area contributed by atoms with Crippen LogP contribution in [-0.4, -0.2) is 21.5 Å². The molecule has 0 aliphatic carbocycles. The molecule has 1 radical (unpaired) electrons. The average molecular weight is 228 g/mol. The lowest BCUT2D eigenvalue weighted by Crippen LogP contribution is -2.16. The molecule has 1 aromatic carbocycles. The van der Waals surface area contributed by atoms with Crippen molar-refractivity contribution < 1.29 is 17.9 Å². The van der Waals surface area contributed by atoms with Crippen LogP contribution < -0.4 is 4.74 Å². The summed E-state index contributed by atoms with van der Waals surface area (Å²) in [6, 6.07) is 5.24. The molecule has 4 nitrogen and oxygen atoms in total. The summed E-state index contributed by atoms with van der Waals surface area (Å²) >= 11 is 0. The van der Waals surface area contributed by atoms with E-state index in [4.69, 9.17) is 0 Å². The van der Waals surface area contributed by atoms with Crippen LogP contribution in [0.1, 0.15) is 0 Å². The Balaban J connectivity index is 2.17. The van der Waals surface area contributed by atoms with Gasteiger partial charge in [-0.3, -0.25) is 5.10 Å². The lowest BCUT2D eigenvalue weighted by atomic mass is 10.2. The third kappa shape index (κ3) is 2.50. The summed E-state index contributed by atoms with van der Waals surface area (Å²) in [5.74, 6) is 0.0781. The molecule has 16 heavy (non-hydrogen) atoms. The van der Waals surface area contributed by atoms with Gasteiger partial charge in [-0.05, 0) is 24.3 Å². The molecule has 0 saturated carbocycles. The van der Waals surface area contributed by atoms with Gasteiger partial charge in [-0.25, -0.2) is 4.98 Å². The Morgan fingerprint density at radius 1 is 1.19 bits per heavy atom. The first-order valence-electron chi connectivity index (χ1n) is 4.19. The topological polar surface area (TPSA) is 50.8 Å². The zero-order valence-electron chi connectivity index (χ0n) is 7.75. The second-order valence-electron chi connectivity index (χ2n) is 2.84. The number of H-pyrrole nitrogens is 1. The molecule has 0 atom stereocenters. The lowest BCUT2D eigenvalue weighted by molar-refractivity contribution is -0.274. The van der Waals surface area contributed by atoms with Crippen molar-refractivity contribution in [3.05, 3.63) is 30.6 Å². The van der Waals surface area contributed by atoms with Crippen LogP contribution in [0.5, 0.6) is 5.75 Å². The maximum absolute atomic E-state index is 11.9. The summed E-state index contributed by atoms with van der Waals surface area (Å²) in [6.45, 7) is 0. The second kappa shape index (κ2) is 3.84. The Labute approximate surface area is 88.1 Å². The number of aromatic nitrogens is 3. The minimum absolute atomic E-state index is 0.282. The number of hydrogen-bond donors (Lipinski definition) is 1. The summed E-state index contributed by atoms with van der Waals surface area (Å²) in [4.78, 5) is 3.74. The molecule has 1 aromatic heterocycles. The van der Waals surface area contributed by atoms with Gasteiger partial charge < -0.3 is 4.74 Å². The van der Waals surface area contributed by atoms with Crippen LogP contribution in [0.2, 0.25) is 0 Å². The Hall–Kier alpha value is -2.05. The number of nitrogens with zero attached hydrogens (tertiary/aromatic N) is 2. The van der Waals surface area contributed by atoms with E-state index in [2.05, 4.69) is 26.2 Å². The summed E-state index contributed by atoms with van der Waals surface area (Å²) in [7, 11) is 0. The van der Waals surface area contributed by atoms with Crippen molar-refractivity contribution in [1.82, 2.24) is 15.2 Å². The molecule has 7 heteroatoms. The predicted molar refractivity (Wildman–Crippen MR) is 47.3 cm³/mol. The molecule has 0 bridgehead atoms. The van der Waals surface area contributed by atoms with E-state index in [1.807, 2.05) is 0 Å². The Bertz CT molecular complexity index is 450. The van der Waals surface area contributed by atoms with Crippen molar-refractivity contribution in [2.75, 3.05) is 0 Å². The first kappa shape index (κ1) is 10.5. The quantitative estimate of drug-likeness (QED) is 0.856. The number of nitrogens with one attached hydrogen (secondary N) is 1. The standard InChI is InChI=1S/C9H5F3N3O/c10-9(11,12)16-7-3-1-6(2-4-7)8-13-5-14-15-8/h1-4H,(H,13,14,15). The molecule has 1 N–H and O–H groups in total. The molecule has 0 aliphatic rings. The van der Waals surface area contributed by atoms with E-state index in [9.17, 15) is 13.2 Å². The second-order valence-corrected chi connectivity index (χ2v) is 2.84. The van der Waals surface area contributed by atoms with Gasteiger partial charge >= 0.3 is 6.36 Å². The van der Waals surface area contributed by atoms with E-state index in [0.29, 0.717) is 11.4 Å². The normalized spacial score (nSPS) is 11.4. The summed E-state index contributed by atoms with van der Waals surface area (Å²) in [6.07, 6.45) is -2.30. The molecular formula is C9H5F3N3O. The summed E-state index contributed by atoms with van der Waals surface area (Å²) < 4.78 is 39.3. The van der Waals surface area contributed by atoms with Crippen molar-refractivity contribution in [3.8, 4) is 17.1 Å². The highest BCUT2D eigenvalue weighted by atomic mass is 19.4. The average Bonchev–Trinajstić information content (AvgIpc) is 2.69. The lowest BCUT2D eigenvalue weighted by Gasteiger charge is -2.08. The molecule has 0 spiro atoms. The minimum atomic E-state index is -4.68. The molecule has 0 aliphatic heterocycles. The Kier molecular flexibility index (Phi) is 2.51. The van der Waals surface area contributed by atoms with Crippen LogP contribution in [0.25, 0.3) is 11.4 Å². The highest BCUT2D eigenvalue weighted by Crippen LogP contribution is 2.24. The van der Waals surface area contributed by atoms with Crippen LogP contribution in [0, 0.1) is 6.33 Å². The monoisotopic (exact) mass is 228 g/mol. The summed E-state index contributed by atoms with van der Waals surface area (Å²) in [5, 5.41) is 6.12. The number of rotatable bonds is 2. The minimum Gasteiger partial charge on any atom is -0.406 e.